The molecule has 0 bridgehead atoms. The summed E-state index contributed by atoms with van der Waals surface area (Å²) in [5.74, 6) is 0.690. The lowest BCUT2D eigenvalue weighted by atomic mass is 9.82. The highest BCUT2D eigenvalue weighted by atomic mass is 16.5. The van der Waals surface area contributed by atoms with Gasteiger partial charge in [0.05, 0.1) is 0 Å². The van der Waals surface area contributed by atoms with Crippen LogP contribution in [0.15, 0.2) is 0 Å². The minimum atomic E-state index is -0.154. The SMILES string of the molecule is CCCNC(=O)N1CCC(CC2CC2)(NC(=O)COC)CC1. The number of nitrogens with one attached hydrogen (secondary N) is 2. The maximum atomic E-state index is 12.0. The summed E-state index contributed by atoms with van der Waals surface area (Å²) in [5.41, 5.74) is -0.154. The molecule has 0 unspecified atom stereocenters. The third kappa shape index (κ3) is 4.87. The molecule has 22 heavy (non-hydrogen) atoms. The minimum Gasteiger partial charge on any atom is -0.375 e. The molecule has 2 rings (SSSR count). The molecule has 0 spiro atoms. The van der Waals surface area contributed by atoms with Gasteiger partial charge in [0.25, 0.3) is 0 Å². The molecule has 0 aromatic heterocycles. The Balaban J connectivity index is 1.89. The molecule has 0 aromatic rings. The Morgan fingerprint density at radius 2 is 1.95 bits per heavy atom. The van der Waals surface area contributed by atoms with E-state index in [1.165, 1.54) is 20.0 Å². The van der Waals surface area contributed by atoms with Gasteiger partial charge in [-0.05, 0) is 31.6 Å². The highest BCUT2D eigenvalue weighted by Gasteiger charge is 2.41. The molecular formula is C16H29N3O3. The van der Waals surface area contributed by atoms with E-state index < -0.39 is 0 Å². The van der Waals surface area contributed by atoms with Gasteiger partial charge in [-0.2, -0.15) is 0 Å². The van der Waals surface area contributed by atoms with Crippen molar-refractivity contribution < 1.29 is 14.3 Å². The summed E-state index contributed by atoms with van der Waals surface area (Å²) in [4.78, 5) is 25.8. The van der Waals surface area contributed by atoms with E-state index >= 15 is 0 Å². The zero-order chi connectivity index (χ0) is 16.0. The summed E-state index contributed by atoms with van der Waals surface area (Å²) in [7, 11) is 1.54. The van der Waals surface area contributed by atoms with Gasteiger partial charge in [-0.25, -0.2) is 4.79 Å². The largest absolute Gasteiger partial charge is 0.375 e. The number of carbonyl (C=O) groups excluding carboxylic acids is 2. The Hall–Kier alpha value is -1.30. The number of urea groups is 1. The molecule has 0 radical (unpaired) electrons. The topological polar surface area (TPSA) is 70.7 Å². The van der Waals surface area contributed by atoms with Crippen molar-refractivity contribution >= 4 is 11.9 Å². The summed E-state index contributed by atoms with van der Waals surface area (Å²) in [6.07, 6.45) is 6.17. The quantitative estimate of drug-likeness (QED) is 0.748. The van der Waals surface area contributed by atoms with Crippen LogP contribution in [0, 0.1) is 5.92 Å². The van der Waals surface area contributed by atoms with Gasteiger partial charge < -0.3 is 20.3 Å². The molecule has 3 amide bonds. The fourth-order valence-electron chi connectivity index (χ4n) is 3.20. The molecule has 6 heteroatoms. The van der Waals surface area contributed by atoms with Gasteiger partial charge in [0.1, 0.15) is 6.61 Å². The van der Waals surface area contributed by atoms with E-state index in [0.29, 0.717) is 19.6 Å². The average molecular weight is 311 g/mol. The highest BCUT2D eigenvalue weighted by molar-refractivity contribution is 5.78. The van der Waals surface area contributed by atoms with Crippen LogP contribution < -0.4 is 10.6 Å². The van der Waals surface area contributed by atoms with Crippen molar-refractivity contribution in [2.75, 3.05) is 33.4 Å². The molecule has 1 saturated heterocycles. The lowest BCUT2D eigenvalue weighted by molar-refractivity contribution is -0.127. The standard InChI is InChI=1S/C16H29N3O3/c1-3-8-17-15(21)19-9-6-16(7-10-19,11-13-4-5-13)18-14(20)12-22-2/h13H,3-12H2,1-2H3,(H,17,21)(H,18,20). The second-order valence-corrected chi connectivity index (χ2v) is 6.63. The molecule has 126 valence electrons. The maximum absolute atomic E-state index is 12.0. The third-order valence-electron chi connectivity index (χ3n) is 4.59. The average Bonchev–Trinajstić information content (AvgIpc) is 3.29. The third-order valence-corrected chi connectivity index (χ3v) is 4.59. The number of carbonyl (C=O) groups is 2. The van der Waals surface area contributed by atoms with E-state index in [9.17, 15) is 9.59 Å². The predicted octanol–water partition coefficient (Wildman–Crippen LogP) is 1.50. The molecule has 1 aliphatic heterocycles. The van der Waals surface area contributed by atoms with Crippen molar-refractivity contribution in [2.24, 2.45) is 5.92 Å². The fraction of sp³-hybridized carbons (Fsp3) is 0.875. The Labute approximate surface area is 132 Å². The van der Waals surface area contributed by atoms with E-state index in [0.717, 1.165) is 31.6 Å². The number of nitrogens with zero attached hydrogens (tertiary/aromatic N) is 1. The van der Waals surface area contributed by atoms with E-state index in [4.69, 9.17) is 4.74 Å². The van der Waals surface area contributed by atoms with Gasteiger partial charge in [-0.3, -0.25) is 4.79 Å². The number of hydrogen-bond acceptors (Lipinski definition) is 3. The summed E-state index contributed by atoms with van der Waals surface area (Å²) in [6, 6.07) is 0.0186. The van der Waals surface area contributed by atoms with Gasteiger partial charge in [0, 0.05) is 32.3 Å². The van der Waals surface area contributed by atoms with Crippen LogP contribution in [0.1, 0.15) is 45.4 Å². The van der Waals surface area contributed by atoms with Crippen molar-refractivity contribution in [3.63, 3.8) is 0 Å². The number of likely N-dealkylation sites (tertiary alicyclic amines) is 1. The Morgan fingerprint density at radius 3 is 2.50 bits per heavy atom. The lowest BCUT2D eigenvalue weighted by Gasteiger charge is -2.42. The molecule has 1 aliphatic carbocycles. The number of rotatable bonds is 7. The van der Waals surface area contributed by atoms with Crippen molar-refractivity contribution in [3.8, 4) is 0 Å². The second-order valence-electron chi connectivity index (χ2n) is 6.63. The van der Waals surface area contributed by atoms with Crippen LogP contribution in [0.4, 0.5) is 4.79 Å². The first kappa shape index (κ1) is 17.1. The van der Waals surface area contributed by atoms with E-state index in [1.807, 2.05) is 11.8 Å². The van der Waals surface area contributed by atoms with Crippen LogP contribution in [0.2, 0.25) is 0 Å². The van der Waals surface area contributed by atoms with Crippen LogP contribution in [-0.2, 0) is 9.53 Å². The van der Waals surface area contributed by atoms with Gasteiger partial charge >= 0.3 is 6.03 Å². The number of piperidine rings is 1. The molecule has 2 aliphatic rings. The van der Waals surface area contributed by atoms with Crippen molar-refractivity contribution in [2.45, 2.75) is 51.0 Å². The summed E-state index contributed by atoms with van der Waals surface area (Å²) >= 11 is 0. The van der Waals surface area contributed by atoms with Gasteiger partial charge in [-0.1, -0.05) is 19.8 Å². The van der Waals surface area contributed by atoms with Gasteiger partial charge in [0.2, 0.25) is 5.91 Å². The highest BCUT2D eigenvalue weighted by Crippen LogP contribution is 2.40. The van der Waals surface area contributed by atoms with Crippen LogP contribution in [0.25, 0.3) is 0 Å². The van der Waals surface area contributed by atoms with E-state index in [-0.39, 0.29) is 24.1 Å². The van der Waals surface area contributed by atoms with Crippen molar-refractivity contribution in [3.05, 3.63) is 0 Å². The van der Waals surface area contributed by atoms with E-state index in [1.54, 1.807) is 0 Å². The van der Waals surface area contributed by atoms with Crippen LogP contribution in [-0.4, -0.2) is 55.7 Å². The smallest absolute Gasteiger partial charge is 0.317 e. The number of methoxy groups -OCH3 is 1. The van der Waals surface area contributed by atoms with E-state index in [2.05, 4.69) is 10.6 Å². The normalized spacial score (nSPS) is 20.5. The molecule has 0 aromatic carbocycles. The molecule has 2 N–H and O–H groups in total. The second kappa shape index (κ2) is 7.81. The molecule has 1 saturated carbocycles. The minimum absolute atomic E-state index is 0.0186. The molecular weight excluding hydrogens is 282 g/mol. The first-order chi connectivity index (χ1) is 10.6. The first-order valence-electron chi connectivity index (χ1n) is 8.41. The van der Waals surface area contributed by atoms with Crippen LogP contribution in [0.5, 0.6) is 0 Å². The lowest BCUT2D eigenvalue weighted by Crippen LogP contribution is -2.58. The van der Waals surface area contributed by atoms with Gasteiger partial charge in [0.15, 0.2) is 0 Å². The predicted molar refractivity (Wildman–Crippen MR) is 84.6 cm³/mol. The molecule has 2 fully saturated rings. The summed E-state index contributed by atoms with van der Waals surface area (Å²) in [5, 5.41) is 6.11. The van der Waals surface area contributed by atoms with Crippen LogP contribution in [0.3, 0.4) is 0 Å². The summed E-state index contributed by atoms with van der Waals surface area (Å²) in [6.45, 7) is 4.27. The Kier molecular flexibility index (Phi) is 6.06. The van der Waals surface area contributed by atoms with Crippen molar-refractivity contribution in [1.82, 2.24) is 15.5 Å². The van der Waals surface area contributed by atoms with Gasteiger partial charge in [-0.15, -0.1) is 0 Å². The number of hydrogen-bond donors (Lipinski definition) is 2. The molecule has 1 heterocycles. The maximum Gasteiger partial charge on any atom is 0.317 e. The monoisotopic (exact) mass is 311 g/mol. The van der Waals surface area contributed by atoms with Crippen LogP contribution >= 0.6 is 0 Å². The zero-order valence-electron chi connectivity index (χ0n) is 13.8. The molecule has 0 atom stereocenters. The first-order valence-corrected chi connectivity index (χ1v) is 8.41. The number of amides is 3. The Bertz CT molecular complexity index is 388. The summed E-state index contributed by atoms with van der Waals surface area (Å²) < 4.78 is 4.93. The zero-order valence-corrected chi connectivity index (χ0v) is 13.8. The Morgan fingerprint density at radius 1 is 1.27 bits per heavy atom. The number of ether oxygens (including phenoxy) is 1. The fourth-order valence-corrected chi connectivity index (χ4v) is 3.20. The molecule has 6 nitrogen and oxygen atoms in total. The van der Waals surface area contributed by atoms with Crippen molar-refractivity contribution in [1.29, 1.82) is 0 Å².